The highest BCUT2D eigenvalue weighted by Gasteiger charge is 2.38. The molecule has 75 heavy (non-hydrogen) atoms. The van der Waals surface area contributed by atoms with E-state index in [-0.39, 0.29) is 70.8 Å². The van der Waals surface area contributed by atoms with E-state index in [4.69, 9.17) is 30.8 Å². The second kappa shape index (κ2) is 21.6. The summed E-state index contributed by atoms with van der Waals surface area (Å²) in [5.74, 6) is 1.46. The fourth-order valence-corrected chi connectivity index (χ4v) is 9.64. The van der Waals surface area contributed by atoms with Crippen LogP contribution in [-0.4, -0.2) is 194 Å². The molecule has 9 heterocycles. The van der Waals surface area contributed by atoms with Crippen molar-refractivity contribution in [3.8, 4) is 22.8 Å². The van der Waals surface area contributed by atoms with E-state index in [9.17, 15) is 39.6 Å². The van der Waals surface area contributed by atoms with Gasteiger partial charge in [0.25, 0.3) is 0 Å². The fourth-order valence-electron chi connectivity index (χ4n) is 8.28. The first-order valence-corrected chi connectivity index (χ1v) is 25.5. The van der Waals surface area contributed by atoms with E-state index >= 15 is 0 Å². The van der Waals surface area contributed by atoms with Gasteiger partial charge in [0.05, 0.1) is 43.8 Å². The summed E-state index contributed by atoms with van der Waals surface area (Å²) in [5, 5.41) is 2.47. The largest absolute Gasteiger partial charge is 0.443 e. The van der Waals surface area contributed by atoms with Crippen molar-refractivity contribution in [2.45, 2.75) is 64.8 Å². The normalized spacial score (nSPS) is 17.3. The lowest BCUT2D eigenvalue weighted by Gasteiger charge is -2.38. The van der Waals surface area contributed by atoms with E-state index in [0.29, 0.717) is 81.3 Å². The molecule has 1 amide bonds. The van der Waals surface area contributed by atoms with Crippen LogP contribution in [0.1, 0.15) is 27.7 Å². The molecule has 3 aliphatic rings. The number of hydrogen-bond donors (Lipinski definition) is 1. The minimum Gasteiger partial charge on any atom is -0.443 e. The summed E-state index contributed by atoms with van der Waals surface area (Å²) in [6.07, 6.45) is -2.88. The number of fused-ring (bicyclic) bond motifs is 2. The summed E-state index contributed by atoms with van der Waals surface area (Å²) >= 11 is 6.08. The molecule has 0 saturated carbocycles. The van der Waals surface area contributed by atoms with Crippen LogP contribution in [0.3, 0.4) is 0 Å². The number of carbonyl (C=O) groups excluding carboxylic acids is 1. The van der Waals surface area contributed by atoms with Gasteiger partial charge in [-0.1, -0.05) is 0 Å². The smallest absolute Gasteiger partial charge is 0.416 e. The number of carbonyl (C=O) groups is 1. The number of alkyl halides is 6. The second-order valence-corrected chi connectivity index (χ2v) is 20.8. The standard InChI is InChI=1S/C22H29F3N10O3S.C21H24ClF3N8O3/c1-14-12-33(4-5-35(14)39(3,36)37)21-29-16-18(32-6-8-38-9-7-32)30-17(15-10-27-20(26-2)28-11-15)31-19(16)34(21)13-22(23,24)25;1-20(2,3)36-19(34)31(4)18-26-9-12(10-27-18)14-29-15(32-5-7-35-8-6-32)13-16(30-14)33(17(22)28-13)11-21(23,24)25/h10-11,14H,4-9,12-13H2,1-3H3,(H,26,27,28);9-10H,5-8,11H2,1-4H3/t14-;/m0./s1. The molecular weight excluding hydrogens is 1050 g/mol. The Balaban J connectivity index is 0.000000200. The van der Waals surface area contributed by atoms with Gasteiger partial charge in [-0.05, 0) is 39.3 Å². The summed E-state index contributed by atoms with van der Waals surface area (Å²) in [6, 6.07) is -0.462. The van der Waals surface area contributed by atoms with Crippen LogP contribution in [0.15, 0.2) is 24.8 Å². The predicted octanol–water partition coefficient (Wildman–Crippen LogP) is 4.90. The fraction of sp³-hybridized carbons (Fsp3) is 0.558. The van der Waals surface area contributed by atoms with Crippen molar-refractivity contribution in [2.75, 3.05) is 118 Å². The van der Waals surface area contributed by atoms with E-state index in [0.717, 1.165) is 20.3 Å². The van der Waals surface area contributed by atoms with Gasteiger partial charge < -0.3 is 34.2 Å². The minimum absolute atomic E-state index is 0.0182. The molecule has 3 aliphatic heterocycles. The first-order valence-electron chi connectivity index (χ1n) is 23.3. The zero-order chi connectivity index (χ0) is 54.2. The predicted molar refractivity (Wildman–Crippen MR) is 263 cm³/mol. The van der Waals surface area contributed by atoms with Crippen LogP contribution in [0, 0.1) is 0 Å². The Morgan fingerprint density at radius 1 is 0.733 bits per heavy atom. The molecule has 0 bridgehead atoms. The van der Waals surface area contributed by atoms with Crippen LogP contribution in [0.2, 0.25) is 5.28 Å². The molecule has 9 rings (SSSR count). The van der Waals surface area contributed by atoms with Crippen molar-refractivity contribution >= 4 is 79.5 Å². The maximum atomic E-state index is 13.9. The summed E-state index contributed by atoms with van der Waals surface area (Å²) in [6.45, 7) is 8.29. The zero-order valence-electron chi connectivity index (χ0n) is 41.7. The van der Waals surface area contributed by atoms with E-state index in [2.05, 4.69) is 50.2 Å². The number of aromatic nitrogens is 12. The molecule has 1 N–H and O–H groups in total. The zero-order valence-corrected chi connectivity index (χ0v) is 43.3. The Bertz CT molecular complexity index is 3110. The van der Waals surface area contributed by atoms with Crippen molar-refractivity contribution in [2.24, 2.45) is 0 Å². The van der Waals surface area contributed by atoms with Crippen LogP contribution in [0.25, 0.3) is 45.1 Å². The third-order valence-corrected chi connectivity index (χ3v) is 13.3. The number of anilines is 5. The quantitative estimate of drug-likeness (QED) is 0.142. The molecule has 24 nitrogen and oxygen atoms in total. The number of halogens is 7. The Morgan fingerprint density at radius 2 is 1.21 bits per heavy atom. The SMILES string of the molecule is CN(C(=O)OC(C)(C)C)c1ncc(-c2nc(N3CCOCC3)c3nc(Cl)n(CC(F)(F)F)c3n2)cn1.CNc1ncc(-c2nc(N3CCOCC3)c3nc(N4CCN(S(C)(=O)=O)[C@@H](C)C4)n(CC(F)(F)F)c3n2)cn1. The molecule has 0 spiro atoms. The first-order chi connectivity index (χ1) is 35.3. The molecule has 0 radical (unpaired) electrons. The van der Waals surface area contributed by atoms with E-state index in [1.54, 1.807) is 39.6 Å². The maximum Gasteiger partial charge on any atom is 0.416 e. The van der Waals surface area contributed by atoms with Gasteiger partial charge in [-0.2, -0.15) is 30.6 Å². The van der Waals surface area contributed by atoms with Gasteiger partial charge in [0.2, 0.25) is 33.2 Å². The molecule has 32 heteroatoms. The van der Waals surface area contributed by atoms with Crippen LogP contribution in [0.5, 0.6) is 0 Å². The topological polar surface area (TPSA) is 246 Å². The monoisotopic (exact) mass is 1100 g/mol. The number of sulfonamides is 1. The van der Waals surface area contributed by atoms with Crippen molar-refractivity contribution in [3.63, 3.8) is 0 Å². The molecule has 0 aliphatic carbocycles. The van der Waals surface area contributed by atoms with Gasteiger partial charge in [-0.15, -0.1) is 0 Å². The highest BCUT2D eigenvalue weighted by Crippen LogP contribution is 2.36. The van der Waals surface area contributed by atoms with Crippen molar-refractivity contribution in [1.82, 2.24) is 63.3 Å². The van der Waals surface area contributed by atoms with Crippen LogP contribution in [0.4, 0.5) is 60.6 Å². The summed E-state index contributed by atoms with van der Waals surface area (Å²) in [5.41, 5.74) is 0.377. The average Bonchev–Trinajstić information content (AvgIpc) is 3.87. The molecular formula is C43H53ClF6N18O6S. The number of piperazine rings is 1. The van der Waals surface area contributed by atoms with Crippen molar-refractivity contribution in [1.29, 1.82) is 0 Å². The van der Waals surface area contributed by atoms with E-state index in [1.165, 1.54) is 36.1 Å². The number of nitrogens with one attached hydrogen (secondary N) is 1. The molecule has 3 saturated heterocycles. The molecule has 6 aromatic rings. The Kier molecular flexibility index (Phi) is 15.7. The van der Waals surface area contributed by atoms with Gasteiger partial charge in [0, 0.05) is 90.7 Å². The molecule has 0 aromatic carbocycles. The van der Waals surface area contributed by atoms with Crippen LogP contribution in [-0.2, 0) is 37.3 Å². The van der Waals surface area contributed by atoms with E-state index < -0.39 is 53.2 Å². The van der Waals surface area contributed by atoms with Gasteiger partial charge in [-0.3, -0.25) is 9.13 Å². The number of hydrogen-bond acceptors (Lipinski definition) is 20. The van der Waals surface area contributed by atoms with Gasteiger partial charge in [-0.25, -0.2) is 68.0 Å². The van der Waals surface area contributed by atoms with Crippen molar-refractivity contribution < 1.29 is 53.8 Å². The maximum absolute atomic E-state index is 13.9. The number of imidazole rings is 2. The van der Waals surface area contributed by atoms with Crippen molar-refractivity contribution in [3.05, 3.63) is 30.1 Å². The lowest BCUT2D eigenvalue weighted by atomic mass is 10.2. The number of ether oxygens (including phenoxy) is 3. The van der Waals surface area contributed by atoms with E-state index in [1.807, 2.05) is 9.80 Å². The molecule has 0 unspecified atom stereocenters. The summed E-state index contributed by atoms with van der Waals surface area (Å²) in [7, 11) is -0.338. The Hall–Kier alpha value is -6.57. The third-order valence-electron chi connectivity index (χ3n) is 11.7. The van der Waals surface area contributed by atoms with Gasteiger partial charge in [0.1, 0.15) is 18.7 Å². The molecule has 1 atom stereocenters. The van der Waals surface area contributed by atoms with Gasteiger partial charge in [0.15, 0.2) is 45.6 Å². The molecule has 406 valence electrons. The highest BCUT2D eigenvalue weighted by molar-refractivity contribution is 7.88. The summed E-state index contributed by atoms with van der Waals surface area (Å²) in [4.78, 5) is 62.5. The number of rotatable bonds is 10. The van der Waals surface area contributed by atoms with Crippen LogP contribution < -0.4 is 24.9 Å². The number of morpholine rings is 2. The van der Waals surface area contributed by atoms with Crippen LogP contribution >= 0.6 is 11.6 Å². The lowest BCUT2D eigenvalue weighted by molar-refractivity contribution is -0.140. The molecule has 6 aromatic heterocycles. The first kappa shape index (κ1) is 54.7. The number of nitrogens with zero attached hydrogens (tertiary/aromatic N) is 17. The number of amides is 1. The Morgan fingerprint density at radius 3 is 1.68 bits per heavy atom. The van der Waals surface area contributed by atoms with Gasteiger partial charge >= 0.3 is 18.4 Å². The summed E-state index contributed by atoms with van der Waals surface area (Å²) < 4.78 is 125. The lowest BCUT2D eigenvalue weighted by Crippen LogP contribution is -2.54. The molecule has 3 fully saturated rings. The Labute approximate surface area is 430 Å². The second-order valence-electron chi connectivity index (χ2n) is 18.5. The minimum atomic E-state index is -4.57. The highest BCUT2D eigenvalue weighted by atomic mass is 35.5. The average molecular weight is 1100 g/mol. The third kappa shape index (κ3) is 12.9.